The quantitative estimate of drug-likeness (QED) is 0.530. The number of methoxy groups -OCH3 is 1. The summed E-state index contributed by atoms with van der Waals surface area (Å²) in [7, 11) is 1.45. The molecule has 0 bridgehead atoms. The van der Waals surface area contributed by atoms with Gasteiger partial charge >= 0.3 is 0 Å². The van der Waals surface area contributed by atoms with E-state index in [0.717, 1.165) is 11.3 Å². The summed E-state index contributed by atoms with van der Waals surface area (Å²) in [4.78, 5) is 27.1. The maximum atomic E-state index is 13.0. The lowest BCUT2D eigenvalue weighted by molar-refractivity contribution is -0.138. The Morgan fingerprint density at radius 2 is 1.76 bits per heavy atom. The van der Waals surface area contributed by atoms with Crippen LogP contribution in [0, 0.1) is 0 Å². The van der Waals surface area contributed by atoms with E-state index < -0.39 is 0 Å². The minimum Gasteiger partial charge on any atom is -0.375 e. The number of para-hydroxylation sites is 1. The molecule has 0 fully saturated rings. The van der Waals surface area contributed by atoms with Crippen molar-refractivity contribution in [1.82, 2.24) is 14.7 Å². The highest BCUT2D eigenvalue weighted by Gasteiger charge is 2.23. The zero-order valence-corrected chi connectivity index (χ0v) is 20.1. The predicted molar refractivity (Wildman–Crippen MR) is 130 cm³/mol. The summed E-state index contributed by atoms with van der Waals surface area (Å²) in [5, 5.41) is 8.12. The summed E-state index contributed by atoms with van der Waals surface area (Å²) >= 11 is 6.40. The van der Waals surface area contributed by atoms with Crippen LogP contribution in [0.15, 0.2) is 60.7 Å². The number of halogens is 1. The van der Waals surface area contributed by atoms with Crippen LogP contribution in [-0.4, -0.2) is 46.8 Å². The molecule has 174 valence electrons. The number of hydrogen-bond donors (Lipinski definition) is 1. The van der Waals surface area contributed by atoms with Crippen molar-refractivity contribution in [2.75, 3.05) is 25.6 Å². The van der Waals surface area contributed by atoms with Crippen molar-refractivity contribution in [3.8, 4) is 5.69 Å². The molecule has 0 aliphatic heterocycles. The number of anilines is 1. The fraction of sp³-hybridized carbons (Fsp3) is 0.320. The first kappa shape index (κ1) is 24.5. The summed E-state index contributed by atoms with van der Waals surface area (Å²) in [5.74, 6) is -0.132. The maximum Gasteiger partial charge on any atom is 0.249 e. The fourth-order valence-corrected chi connectivity index (χ4v) is 3.47. The number of ether oxygens (including phenoxy) is 1. The number of nitrogens with zero attached hydrogens (tertiary/aromatic N) is 3. The monoisotopic (exact) mass is 468 g/mol. The van der Waals surface area contributed by atoms with E-state index in [1.165, 1.54) is 12.0 Å². The van der Waals surface area contributed by atoms with E-state index in [4.69, 9.17) is 21.4 Å². The summed E-state index contributed by atoms with van der Waals surface area (Å²) < 4.78 is 6.63. The number of carbonyl (C=O) groups is 2. The van der Waals surface area contributed by atoms with E-state index in [0.29, 0.717) is 23.1 Å². The Kier molecular flexibility index (Phi) is 7.89. The number of nitrogens with one attached hydrogen (secondary N) is 1. The summed E-state index contributed by atoms with van der Waals surface area (Å²) in [6, 6.07) is 18.6. The van der Waals surface area contributed by atoms with E-state index in [1.54, 1.807) is 10.7 Å². The molecular weight excluding hydrogens is 440 g/mol. The number of aromatic nitrogens is 2. The normalized spacial score (nSPS) is 11.3. The van der Waals surface area contributed by atoms with Gasteiger partial charge in [0.15, 0.2) is 0 Å². The van der Waals surface area contributed by atoms with Crippen molar-refractivity contribution in [3.63, 3.8) is 0 Å². The summed E-state index contributed by atoms with van der Waals surface area (Å²) in [5.41, 5.74) is 2.14. The topological polar surface area (TPSA) is 76.5 Å². The average molecular weight is 469 g/mol. The van der Waals surface area contributed by atoms with E-state index >= 15 is 0 Å². The minimum atomic E-state index is -0.343. The van der Waals surface area contributed by atoms with E-state index in [2.05, 4.69) is 5.32 Å². The second-order valence-electron chi connectivity index (χ2n) is 8.74. The van der Waals surface area contributed by atoms with Crippen molar-refractivity contribution in [2.45, 2.75) is 32.7 Å². The summed E-state index contributed by atoms with van der Waals surface area (Å²) in [6.07, 6.45) is 0. The maximum absolute atomic E-state index is 13.0. The van der Waals surface area contributed by atoms with Crippen LogP contribution in [0.5, 0.6) is 0 Å². The molecule has 2 aromatic carbocycles. The third-order valence-corrected chi connectivity index (χ3v) is 5.32. The van der Waals surface area contributed by atoms with Crippen LogP contribution in [0.4, 0.5) is 5.82 Å². The molecule has 1 heterocycles. The van der Waals surface area contributed by atoms with Gasteiger partial charge in [0.2, 0.25) is 11.8 Å². The van der Waals surface area contributed by atoms with Gasteiger partial charge in [-0.3, -0.25) is 9.59 Å². The largest absolute Gasteiger partial charge is 0.375 e. The van der Waals surface area contributed by atoms with Crippen LogP contribution in [0.25, 0.3) is 5.69 Å². The van der Waals surface area contributed by atoms with Gasteiger partial charge in [0, 0.05) is 25.1 Å². The first-order chi connectivity index (χ1) is 15.7. The molecule has 1 N–H and O–H groups in total. The molecule has 0 spiro atoms. The number of rotatable bonds is 8. The third-order valence-electron chi connectivity index (χ3n) is 5.00. The first-order valence-corrected chi connectivity index (χ1v) is 11.0. The zero-order valence-electron chi connectivity index (χ0n) is 19.3. The van der Waals surface area contributed by atoms with Gasteiger partial charge in [-0.25, -0.2) is 4.68 Å². The van der Waals surface area contributed by atoms with Gasteiger partial charge < -0.3 is 15.0 Å². The molecule has 2 amide bonds. The number of amides is 2. The Bertz CT molecular complexity index is 1110. The standard InChI is InChI=1S/C25H29ClN4O3/c1-25(2,3)21-14-22(30(28-21)20-13-9-8-12-19(20)26)27-23(31)16-29(24(32)17-33-4)15-18-10-6-5-7-11-18/h5-14H,15-17H2,1-4H3,(H,27,31). The van der Waals surface area contributed by atoms with Crippen molar-refractivity contribution in [1.29, 1.82) is 0 Å². The molecule has 0 saturated carbocycles. The number of benzene rings is 2. The van der Waals surface area contributed by atoms with Crippen LogP contribution in [0.3, 0.4) is 0 Å². The van der Waals surface area contributed by atoms with Crippen LogP contribution in [0.2, 0.25) is 5.02 Å². The van der Waals surface area contributed by atoms with Gasteiger partial charge in [0.1, 0.15) is 19.0 Å². The van der Waals surface area contributed by atoms with Gasteiger partial charge in [-0.2, -0.15) is 5.10 Å². The van der Waals surface area contributed by atoms with Gasteiger partial charge in [-0.1, -0.05) is 74.8 Å². The molecule has 0 atom stereocenters. The molecule has 7 nitrogen and oxygen atoms in total. The average Bonchev–Trinajstić information content (AvgIpc) is 3.18. The molecule has 1 aromatic heterocycles. The molecule has 3 aromatic rings. The highest BCUT2D eigenvalue weighted by Crippen LogP contribution is 2.29. The molecule has 0 unspecified atom stereocenters. The molecule has 33 heavy (non-hydrogen) atoms. The highest BCUT2D eigenvalue weighted by atomic mass is 35.5. The van der Waals surface area contributed by atoms with E-state index in [9.17, 15) is 9.59 Å². The second kappa shape index (κ2) is 10.6. The third kappa shape index (κ3) is 6.43. The first-order valence-electron chi connectivity index (χ1n) is 10.6. The Morgan fingerprint density at radius 1 is 1.09 bits per heavy atom. The van der Waals surface area contributed by atoms with Crippen molar-refractivity contribution in [3.05, 3.63) is 76.9 Å². The fourth-order valence-electron chi connectivity index (χ4n) is 3.25. The van der Waals surface area contributed by atoms with Crippen LogP contribution in [-0.2, 0) is 26.3 Å². The van der Waals surface area contributed by atoms with E-state index in [-0.39, 0.29) is 30.4 Å². The molecule has 8 heteroatoms. The molecule has 0 aliphatic carbocycles. The predicted octanol–water partition coefficient (Wildman–Crippen LogP) is 4.44. The smallest absolute Gasteiger partial charge is 0.249 e. The molecule has 0 saturated heterocycles. The van der Waals surface area contributed by atoms with Gasteiger partial charge in [0.05, 0.1) is 16.4 Å². The number of hydrogen-bond acceptors (Lipinski definition) is 4. The van der Waals surface area contributed by atoms with Crippen LogP contribution < -0.4 is 5.32 Å². The van der Waals surface area contributed by atoms with Crippen molar-refractivity contribution >= 4 is 29.2 Å². The highest BCUT2D eigenvalue weighted by molar-refractivity contribution is 6.32. The Labute approximate surface area is 199 Å². The Balaban J connectivity index is 1.86. The Morgan fingerprint density at radius 3 is 2.39 bits per heavy atom. The van der Waals surface area contributed by atoms with Crippen molar-refractivity contribution in [2.24, 2.45) is 0 Å². The van der Waals surface area contributed by atoms with Gasteiger partial charge in [-0.05, 0) is 17.7 Å². The van der Waals surface area contributed by atoms with Crippen LogP contribution in [0.1, 0.15) is 32.0 Å². The van der Waals surface area contributed by atoms with E-state index in [1.807, 2.05) is 75.4 Å². The van der Waals surface area contributed by atoms with Gasteiger partial charge in [-0.15, -0.1) is 0 Å². The molecule has 0 radical (unpaired) electrons. The second-order valence-corrected chi connectivity index (χ2v) is 9.15. The summed E-state index contributed by atoms with van der Waals surface area (Å²) in [6.45, 7) is 6.20. The van der Waals surface area contributed by atoms with Crippen LogP contribution >= 0.6 is 11.6 Å². The molecule has 3 rings (SSSR count). The number of carbonyl (C=O) groups excluding carboxylic acids is 2. The van der Waals surface area contributed by atoms with Gasteiger partial charge in [0.25, 0.3) is 0 Å². The lowest BCUT2D eigenvalue weighted by Gasteiger charge is -2.22. The SMILES string of the molecule is COCC(=O)N(CC(=O)Nc1cc(C(C)(C)C)nn1-c1ccccc1Cl)Cc1ccccc1. The molecular formula is C25H29ClN4O3. The lowest BCUT2D eigenvalue weighted by atomic mass is 9.92. The zero-order chi connectivity index (χ0) is 24.0. The Hall–Kier alpha value is -3.16. The minimum absolute atomic E-state index is 0.105. The molecule has 0 aliphatic rings. The van der Waals surface area contributed by atoms with Crippen molar-refractivity contribution < 1.29 is 14.3 Å². The lowest BCUT2D eigenvalue weighted by Crippen LogP contribution is -2.39.